The van der Waals surface area contributed by atoms with Crippen LogP contribution in [0.5, 0.6) is 0 Å². The largest absolute Gasteiger partial charge is 0.382 e. The summed E-state index contributed by atoms with van der Waals surface area (Å²) < 4.78 is 5.40. The van der Waals surface area contributed by atoms with Crippen molar-refractivity contribution in [2.75, 3.05) is 18.5 Å². The summed E-state index contributed by atoms with van der Waals surface area (Å²) in [7, 11) is 0. The predicted molar refractivity (Wildman–Crippen MR) is 68.2 cm³/mol. The van der Waals surface area contributed by atoms with Crippen LogP contribution in [0.4, 0.5) is 5.69 Å². The van der Waals surface area contributed by atoms with Crippen molar-refractivity contribution in [3.8, 4) is 0 Å². The Balaban J connectivity index is 2.02. The van der Waals surface area contributed by atoms with Gasteiger partial charge in [-0.05, 0) is 44.0 Å². The van der Waals surface area contributed by atoms with Gasteiger partial charge in [0.2, 0.25) is 0 Å². The molecule has 1 aromatic carbocycles. The summed E-state index contributed by atoms with van der Waals surface area (Å²) in [6.07, 6.45) is 1.15. The standard InChI is InChI=1S/C13H18ClNO/c1-9-7-12(14)3-4-13(9)15-10(2)11-5-6-16-8-11/h3-4,7,10-11,15H,5-6,8H2,1-2H3. The molecule has 2 atom stereocenters. The number of aryl methyl sites for hydroxylation is 1. The lowest BCUT2D eigenvalue weighted by molar-refractivity contribution is 0.183. The maximum absolute atomic E-state index is 5.93. The van der Waals surface area contributed by atoms with E-state index in [1.807, 2.05) is 18.2 Å². The number of benzene rings is 1. The summed E-state index contributed by atoms with van der Waals surface area (Å²) in [5, 5.41) is 4.33. The summed E-state index contributed by atoms with van der Waals surface area (Å²) >= 11 is 5.93. The van der Waals surface area contributed by atoms with Crippen LogP contribution >= 0.6 is 11.6 Å². The van der Waals surface area contributed by atoms with E-state index in [1.165, 1.54) is 11.3 Å². The van der Waals surface area contributed by atoms with Gasteiger partial charge in [-0.1, -0.05) is 11.6 Å². The maximum Gasteiger partial charge on any atom is 0.0514 e. The average molecular weight is 240 g/mol. The molecule has 0 aliphatic carbocycles. The van der Waals surface area contributed by atoms with E-state index in [9.17, 15) is 0 Å². The van der Waals surface area contributed by atoms with Gasteiger partial charge in [0.1, 0.15) is 0 Å². The lowest BCUT2D eigenvalue weighted by Gasteiger charge is -2.21. The van der Waals surface area contributed by atoms with Crippen LogP contribution in [-0.2, 0) is 4.74 Å². The van der Waals surface area contributed by atoms with Crippen LogP contribution in [0.2, 0.25) is 5.02 Å². The summed E-state index contributed by atoms with van der Waals surface area (Å²) in [5.41, 5.74) is 2.36. The van der Waals surface area contributed by atoms with Crippen molar-refractivity contribution in [2.24, 2.45) is 5.92 Å². The Bertz CT molecular complexity index is 361. The Morgan fingerprint density at radius 2 is 2.31 bits per heavy atom. The van der Waals surface area contributed by atoms with Gasteiger partial charge in [-0.2, -0.15) is 0 Å². The first-order valence-electron chi connectivity index (χ1n) is 5.77. The van der Waals surface area contributed by atoms with Gasteiger partial charge in [0.25, 0.3) is 0 Å². The number of halogens is 1. The third-order valence-corrected chi connectivity index (χ3v) is 3.48. The van der Waals surface area contributed by atoms with Crippen LogP contribution in [-0.4, -0.2) is 19.3 Å². The highest BCUT2D eigenvalue weighted by atomic mass is 35.5. The van der Waals surface area contributed by atoms with E-state index in [-0.39, 0.29) is 0 Å². The van der Waals surface area contributed by atoms with Crippen LogP contribution < -0.4 is 5.32 Å². The molecule has 2 unspecified atom stereocenters. The lowest BCUT2D eigenvalue weighted by atomic mass is 10.00. The quantitative estimate of drug-likeness (QED) is 0.872. The van der Waals surface area contributed by atoms with E-state index >= 15 is 0 Å². The topological polar surface area (TPSA) is 21.3 Å². The van der Waals surface area contributed by atoms with Gasteiger partial charge < -0.3 is 10.1 Å². The van der Waals surface area contributed by atoms with E-state index < -0.39 is 0 Å². The smallest absolute Gasteiger partial charge is 0.0514 e. The number of hydrogen-bond acceptors (Lipinski definition) is 2. The molecular formula is C13H18ClNO. The molecule has 0 bridgehead atoms. The second kappa shape index (κ2) is 5.07. The molecule has 88 valence electrons. The molecule has 3 heteroatoms. The number of ether oxygens (including phenoxy) is 1. The number of nitrogens with one attached hydrogen (secondary N) is 1. The minimum Gasteiger partial charge on any atom is -0.382 e. The first-order valence-corrected chi connectivity index (χ1v) is 6.15. The van der Waals surface area contributed by atoms with E-state index in [0.717, 1.165) is 24.7 Å². The zero-order valence-electron chi connectivity index (χ0n) is 9.79. The maximum atomic E-state index is 5.93. The highest BCUT2D eigenvalue weighted by molar-refractivity contribution is 6.30. The van der Waals surface area contributed by atoms with E-state index in [1.54, 1.807) is 0 Å². The fraction of sp³-hybridized carbons (Fsp3) is 0.538. The summed E-state index contributed by atoms with van der Waals surface area (Å²) in [5.74, 6) is 0.620. The SMILES string of the molecule is Cc1cc(Cl)ccc1NC(C)C1CCOC1. The van der Waals surface area contributed by atoms with Gasteiger partial charge in [-0.25, -0.2) is 0 Å². The zero-order chi connectivity index (χ0) is 11.5. The van der Waals surface area contributed by atoms with Crippen molar-refractivity contribution < 1.29 is 4.74 Å². The number of hydrogen-bond donors (Lipinski definition) is 1. The third kappa shape index (κ3) is 2.69. The monoisotopic (exact) mass is 239 g/mol. The first-order chi connectivity index (χ1) is 7.66. The Morgan fingerprint density at radius 1 is 1.50 bits per heavy atom. The van der Waals surface area contributed by atoms with Crippen molar-refractivity contribution >= 4 is 17.3 Å². The molecule has 1 heterocycles. The van der Waals surface area contributed by atoms with E-state index in [2.05, 4.69) is 19.2 Å². The molecule has 16 heavy (non-hydrogen) atoms. The second-order valence-electron chi connectivity index (χ2n) is 4.52. The minimum atomic E-state index is 0.447. The van der Waals surface area contributed by atoms with Crippen molar-refractivity contribution in [1.82, 2.24) is 0 Å². The molecule has 1 saturated heterocycles. The van der Waals surface area contributed by atoms with Crippen molar-refractivity contribution in [1.29, 1.82) is 0 Å². The summed E-state index contributed by atoms with van der Waals surface area (Å²) in [4.78, 5) is 0. The Kier molecular flexibility index (Phi) is 3.72. The van der Waals surface area contributed by atoms with Crippen LogP contribution in [0, 0.1) is 12.8 Å². The summed E-state index contributed by atoms with van der Waals surface area (Å²) in [6, 6.07) is 6.41. The van der Waals surface area contributed by atoms with Crippen LogP contribution in [0.3, 0.4) is 0 Å². The Labute approximate surface area is 102 Å². The molecule has 0 saturated carbocycles. The lowest BCUT2D eigenvalue weighted by Crippen LogP contribution is -2.26. The second-order valence-corrected chi connectivity index (χ2v) is 4.95. The number of rotatable bonds is 3. The van der Waals surface area contributed by atoms with Gasteiger partial charge in [0.05, 0.1) is 6.61 Å². The van der Waals surface area contributed by atoms with Crippen LogP contribution in [0.25, 0.3) is 0 Å². The zero-order valence-corrected chi connectivity index (χ0v) is 10.6. The van der Waals surface area contributed by atoms with Crippen LogP contribution in [0.15, 0.2) is 18.2 Å². The Hall–Kier alpha value is -0.730. The molecule has 1 aromatic rings. The van der Waals surface area contributed by atoms with Gasteiger partial charge in [-0.3, -0.25) is 0 Å². The molecule has 1 fully saturated rings. The molecule has 1 aliphatic heterocycles. The predicted octanol–water partition coefficient (Wildman–Crippen LogP) is 3.49. The van der Waals surface area contributed by atoms with Gasteiger partial charge in [0.15, 0.2) is 0 Å². The molecule has 0 aromatic heterocycles. The Morgan fingerprint density at radius 3 is 2.94 bits per heavy atom. The average Bonchev–Trinajstić information content (AvgIpc) is 2.75. The van der Waals surface area contributed by atoms with Crippen molar-refractivity contribution in [3.63, 3.8) is 0 Å². The van der Waals surface area contributed by atoms with Gasteiger partial charge in [0, 0.05) is 29.3 Å². The van der Waals surface area contributed by atoms with Crippen molar-refractivity contribution in [2.45, 2.75) is 26.3 Å². The molecule has 0 amide bonds. The normalized spacial score (nSPS) is 22.1. The minimum absolute atomic E-state index is 0.447. The third-order valence-electron chi connectivity index (χ3n) is 3.24. The molecule has 2 nitrogen and oxygen atoms in total. The van der Waals surface area contributed by atoms with E-state index in [0.29, 0.717) is 12.0 Å². The first kappa shape index (κ1) is 11.7. The van der Waals surface area contributed by atoms with Gasteiger partial charge >= 0.3 is 0 Å². The van der Waals surface area contributed by atoms with Crippen molar-refractivity contribution in [3.05, 3.63) is 28.8 Å². The van der Waals surface area contributed by atoms with Gasteiger partial charge in [-0.15, -0.1) is 0 Å². The summed E-state index contributed by atoms with van der Waals surface area (Å²) in [6.45, 7) is 6.07. The highest BCUT2D eigenvalue weighted by Crippen LogP contribution is 2.24. The molecular weight excluding hydrogens is 222 g/mol. The molecule has 1 N–H and O–H groups in total. The molecule has 1 aliphatic rings. The molecule has 2 rings (SSSR count). The molecule has 0 radical (unpaired) electrons. The fourth-order valence-corrected chi connectivity index (χ4v) is 2.33. The number of anilines is 1. The van der Waals surface area contributed by atoms with Crippen LogP contribution in [0.1, 0.15) is 18.9 Å². The fourth-order valence-electron chi connectivity index (χ4n) is 2.10. The van der Waals surface area contributed by atoms with E-state index in [4.69, 9.17) is 16.3 Å². The highest BCUT2D eigenvalue weighted by Gasteiger charge is 2.22. The molecule has 0 spiro atoms.